The molecule has 4 rings (SSSR count). The standard InChI is InChI=1S/C15H19N5O/c1-20(15-12-2-3-16-14(12)18-8-19-15)11-4-9-6-13(21)17-7-10(9)5-11/h2-3,8-11H,4-7H2,1H3,(H,17,21)(H,16,18,19)/t9-,10?,11?/m1/s1. The van der Waals surface area contributed by atoms with Crippen LogP contribution in [-0.4, -0.2) is 40.5 Å². The van der Waals surface area contributed by atoms with Crippen molar-refractivity contribution in [1.29, 1.82) is 0 Å². The summed E-state index contributed by atoms with van der Waals surface area (Å²) in [6.07, 6.45) is 6.38. The minimum Gasteiger partial charge on any atom is -0.356 e. The lowest BCUT2D eigenvalue weighted by Gasteiger charge is -2.26. The Balaban J connectivity index is 1.59. The first-order valence-electron chi connectivity index (χ1n) is 7.50. The number of carbonyl (C=O) groups is 1. The number of fused-ring (bicyclic) bond motifs is 2. The van der Waals surface area contributed by atoms with Gasteiger partial charge in [-0.1, -0.05) is 0 Å². The van der Waals surface area contributed by atoms with Crippen molar-refractivity contribution in [3.8, 4) is 0 Å². The summed E-state index contributed by atoms with van der Waals surface area (Å²) in [7, 11) is 2.10. The van der Waals surface area contributed by atoms with Gasteiger partial charge in [0.15, 0.2) is 0 Å². The Morgan fingerprint density at radius 3 is 3.05 bits per heavy atom. The molecular formula is C15H19N5O. The Bertz CT molecular complexity index is 682. The molecule has 2 fully saturated rings. The largest absolute Gasteiger partial charge is 0.356 e. The summed E-state index contributed by atoms with van der Waals surface area (Å²) >= 11 is 0. The van der Waals surface area contributed by atoms with Gasteiger partial charge in [0.1, 0.15) is 17.8 Å². The Labute approximate surface area is 123 Å². The SMILES string of the molecule is CN(c1ncnc2[nH]ccc12)C1CC2CNC(=O)C[C@H]2C1. The minimum absolute atomic E-state index is 0.203. The molecule has 1 aliphatic carbocycles. The van der Waals surface area contributed by atoms with Crippen molar-refractivity contribution in [2.45, 2.75) is 25.3 Å². The summed E-state index contributed by atoms with van der Waals surface area (Å²) in [5, 5.41) is 4.05. The molecule has 2 N–H and O–H groups in total. The molecule has 1 saturated carbocycles. The van der Waals surface area contributed by atoms with Crippen LogP contribution in [-0.2, 0) is 4.79 Å². The second-order valence-corrected chi connectivity index (χ2v) is 6.20. The lowest BCUT2D eigenvalue weighted by atomic mass is 9.89. The van der Waals surface area contributed by atoms with Crippen LogP contribution in [0.3, 0.4) is 0 Å². The fraction of sp³-hybridized carbons (Fsp3) is 0.533. The molecule has 3 heterocycles. The van der Waals surface area contributed by atoms with Gasteiger partial charge in [-0.2, -0.15) is 0 Å². The van der Waals surface area contributed by atoms with E-state index < -0.39 is 0 Å². The van der Waals surface area contributed by atoms with Crippen molar-refractivity contribution in [2.75, 3.05) is 18.5 Å². The van der Waals surface area contributed by atoms with Crippen LogP contribution in [0.1, 0.15) is 19.3 Å². The third-order valence-electron chi connectivity index (χ3n) is 5.04. The number of rotatable bonds is 2. The Kier molecular flexibility index (Phi) is 2.83. The number of aromatic amines is 1. The summed E-state index contributed by atoms with van der Waals surface area (Å²) in [5.41, 5.74) is 0.874. The molecule has 2 unspecified atom stereocenters. The monoisotopic (exact) mass is 285 g/mol. The lowest BCUT2D eigenvalue weighted by Crippen LogP contribution is -2.38. The number of nitrogens with one attached hydrogen (secondary N) is 2. The predicted molar refractivity (Wildman–Crippen MR) is 79.9 cm³/mol. The van der Waals surface area contributed by atoms with Gasteiger partial charge in [-0.25, -0.2) is 9.97 Å². The molecule has 1 saturated heterocycles. The van der Waals surface area contributed by atoms with Crippen LogP contribution in [0.2, 0.25) is 0 Å². The van der Waals surface area contributed by atoms with Crippen molar-refractivity contribution >= 4 is 22.8 Å². The average molecular weight is 285 g/mol. The summed E-state index contributed by atoms with van der Waals surface area (Å²) in [6, 6.07) is 2.47. The molecule has 1 aliphatic heterocycles. The molecule has 0 aromatic carbocycles. The van der Waals surface area contributed by atoms with E-state index in [1.54, 1.807) is 6.33 Å². The molecule has 3 atom stereocenters. The number of amides is 1. The van der Waals surface area contributed by atoms with Crippen LogP contribution >= 0.6 is 0 Å². The highest BCUT2D eigenvalue weighted by Gasteiger charge is 2.40. The Morgan fingerprint density at radius 1 is 1.29 bits per heavy atom. The summed E-state index contributed by atoms with van der Waals surface area (Å²) in [6.45, 7) is 0.831. The molecule has 0 radical (unpaired) electrons. The van der Waals surface area contributed by atoms with E-state index in [0.717, 1.165) is 36.2 Å². The first-order valence-corrected chi connectivity index (χ1v) is 7.50. The quantitative estimate of drug-likeness (QED) is 0.872. The lowest BCUT2D eigenvalue weighted by molar-refractivity contribution is -0.124. The molecule has 110 valence electrons. The molecule has 0 bridgehead atoms. The number of hydrogen-bond donors (Lipinski definition) is 2. The number of anilines is 1. The topological polar surface area (TPSA) is 73.9 Å². The molecular weight excluding hydrogens is 266 g/mol. The van der Waals surface area contributed by atoms with Crippen LogP contribution < -0.4 is 10.2 Å². The zero-order chi connectivity index (χ0) is 14.4. The highest BCUT2D eigenvalue weighted by molar-refractivity contribution is 5.87. The maximum atomic E-state index is 11.5. The van der Waals surface area contributed by atoms with E-state index in [-0.39, 0.29) is 5.91 Å². The van der Waals surface area contributed by atoms with Gasteiger partial charge in [0.2, 0.25) is 5.91 Å². The first-order chi connectivity index (χ1) is 10.2. The van der Waals surface area contributed by atoms with E-state index in [0.29, 0.717) is 24.3 Å². The maximum absolute atomic E-state index is 11.5. The molecule has 0 spiro atoms. The second kappa shape index (κ2) is 4.72. The van der Waals surface area contributed by atoms with E-state index in [1.165, 1.54) is 0 Å². The van der Waals surface area contributed by atoms with E-state index >= 15 is 0 Å². The molecule has 2 aromatic heterocycles. The van der Waals surface area contributed by atoms with Crippen LogP contribution in [0, 0.1) is 11.8 Å². The van der Waals surface area contributed by atoms with Crippen molar-refractivity contribution in [2.24, 2.45) is 11.8 Å². The molecule has 21 heavy (non-hydrogen) atoms. The number of hydrogen-bond acceptors (Lipinski definition) is 4. The van der Waals surface area contributed by atoms with Crippen LogP contribution in [0.5, 0.6) is 0 Å². The van der Waals surface area contributed by atoms with Gasteiger partial charge in [-0.05, 0) is 30.7 Å². The molecule has 2 aliphatic rings. The highest BCUT2D eigenvalue weighted by Crippen LogP contribution is 2.39. The van der Waals surface area contributed by atoms with Crippen molar-refractivity contribution in [1.82, 2.24) is 20.3 Å². The highest BCUT2D eigenvalue weighted by atomic mass is 16.1. The smallest absolute Gasteiger partial charge is 0.220 e. The molecule has 6 heteroatoms. The van der Waals surface area contributed by atoms with Crippen molar-refractivity contribution in [3.05, 3.63) is 18.6 Å². The van der Waals surface area contributed by atoms with Crippen molar-refractivity contribution in [3.63, 3.8) is 0 Å². The van der Waals surface area contributed by atoms with E-state index in [4.69, 9.17) is 0 Å². The van der Waals surface area contributed by atoms with Gasteiger partial charge in [0.05, 0.1) is 5.39 Å². The van der Waals surface area contributed by atoms with E-state index in [2.05, 4.69) is 32.2 Å². The predicted octanol–water partition coefficient (Wildman–Crippen LogP) is 1.31. The second-order valence-electron chi connectivity index (χ2n) is 6.20. The Morgan fingerprint density at radius 2 is 2.14 bits per heavy atom. The fourth-order valence-corrected chi connectivity index (χ4v) is 3.86. The van der Waals surface area contributed by atoms with Crippen LogP contribution in [0.25, 0.3) is 11.0 Å². The average Bonchev–Trinajstić information content (AvgIpc) is 3.11. The first kappa shape index (κ1) is 12.6. The molecule has 6 nitrogen and oxygen atoms in total. The van der Waals surface area contributed by atoms with Gasteiger partial charge >= 0.3 is 0 Å². The van der Waals surface area contributed by atoms with Crippen LogP contribution in [0.4, 0.5) is 5.82 Å². The summed E-state index contributed by atoms with van der Waals surface area (Å²) < 4.78 is 0. The zero-order valence-electron chi connectivity index (χ0n) is 12.0. The summed E-state index contributed by atoms with van der Waals surface area (Å²) in [5.74, 6) is 2.31. The van der Waals surface area contributed by atoms with Gasteiger partial charge in [-0.3, -0.25) is 4.79 Å². The van der Waals surface area contributed by atoms with Gasteiger partial charge in [0.25, 0.3) is 0 Å². The fourth-order valence-electron chi connectivity index (χ4n) is 3.86. The van der Waals surface area contributed by atoms with Crippen molar-refractivity contribution < 1.29 is 4.79 Å². The number of carbonyl (C=O) groups excluding carboxylic acids is 1. The summed E-state index contributed by atoms with van der Waals surface area (Å²) in [4.78, 5) is 25.6. The van der Waals surface area contributed by atoms with Crippen LogP contribution in [0.15, 0.2) is 18.6 Å². The normalized spacial score (nSPS) is 28.4. The Hall–Kier alpha value is -2.11. The third kappa shape index (κ3) is 2.05. The number of piperidine rings is 1. The maximum Gasteiger partial charge on any atom is 0.220 e. The molecule has 1 amide bonds. The molecule has 2 aromatic rings. The van der Waals surface area contributed by atoms with E-state index in [9.17, 15) is 4.79 Å². The minimum atomic E-state index is 0.203. The van der Waals surface area contributed by atoms with E-state index in [1.807, 2.05) is 12.3 Å². The number of H-pyrrole nitrogens is 1. The van der Waals surface area contributed by atoms with Gasteiger partial charge < -0.3 is 15.2 Å². The number of aromatic nitrogens is 3. The number of nitrogens with zero attached hydrogens (tertiary/aromatic N) is 3. The van der Waals surface area contributed by atoms with Gasteiger partial charge in [0, 0.05) is 32.3 Å². The van der Waals surface area contributed by atoms with Gasteiger partial charge in [-0.15, -0.1) is 0 Å². The zero-order valence-corrected chi connectivity index (χ0v) is 12.0. The third-order valence-corrected chi connectivity index (χ3v) is 5.04.